The maximum Gasteiger partial charge on any atom is 0.120 e. The third-order valence-electron chi connectivity index (χ3n) is 2.83. The van der Waals surface area contributed by atoms with Crippen molar-refractivity contribution in [1.82, 2.24) is 5.32 Å². The van der Waals surface area contributed by atoms with E-state index in [2.05, 4.69) is 45.1 Å². The van der Waals surface area contributed by atoms with Gasteiger partial charge in [0.15, 0.2) is 0 Å². The van der Waals surface area contributed by atoms with Crippen LogP contribution in [0.4, 0.5) is 0 Å². The lowest BCUT2D eigenvalue weighted by molar-refractivity contribution is -0.0287. The summed E-state index contributed by atoms with van der Waals surface area (Å²) in [6, 6.07) is 8.21. The molecule has 1 aromatic carbocycles. The highest BCUT2D eigenvalue weighted by molar-refractivity contribution is 5.29. The molecule has 1 N–H and O–H groups in total. The third-order valence-corrected chi connectivity index (χ3v) is 2.83. The van der Waals surface area contributed by atoms with Gasteiger partial charge in [-0.25, -0.2) is 0 Å². The molecular weight excluding hydrogens is 226 g/mol. The van der Waals surface area contributed by atoms with E-state index in [1.54, 1.807) is 0 Å². The van der Waals surface area contributed by atoms with Gasteiger partial charge in [-0.2, -0.15) is 0 Å². The minimum Gasteiger partial charge on any atom is -0.488 e. The molecule has 0 saturated carbocycles. The maximum absolute atomic E-state index is 5.91. The summed E-state index contributed by atoms with van der Waals surface area (Å²) < 4.78 is 11.7. The van der Waals surface area contributed by atoms with Gasteiger partial charge in [0.2, 0.25) is 0 Å². The van der Waals surface area contributed by atoms with E-state index in [4.69, 9.17) is 9.47 Å². The molecule has 1 fully saturated rings. The zero-order valence-corrected chi connectivity index (χ0v) is 11.7. The van der Waals surface area contributed by atoms with Crippen molar-refractivity contribution in [2.45, 2.75) is 45.5 Å². The monoisotopic (exact) mass is 249 g/mol. The first kappa shape index (κ1) is 13.4. The summed E-state index contributed by atoms with van der Waals surface area (Å²) in [7, 11) is 0. The molecule has 0 spiro atoms. The van der Waals surface area contributed by atoms with Crippen molar-refractivity contribution in [3.05, 3.63) is 29.8 Å². The number of nitrogens with one attached hydrogen (secondary N) is 1. The van der Waals surface area contributed by atoms with E-state index >= 15 is 0 Å². The molecule has 3 nitrogen and oxygen atoms in total. The van der Waals surface area contributed by atoms with Gasteiger partial charge in [-0.05, 0) is 45.4 Å². The van der Waals surface area contributed by atoms with E-state index in [0.29, 0.717) is 0 Å². The topological polar surface area (TPSA) is 30.5 Å². The molecule has 0 amide bonds. The number of ether oxygens (including phenoxy) is 2. The summed E-state index contributed by atoms with van der Waals surface area (Å²) in [5, 5.41) is 3.38. The quantitative estimate of drug-likeness (QED) is 0.874. The average Bonchev–Trinajstić information content (AvgIpc) is 2.28. The van der Waals surface area contributed by atoms with Crippen LogP contribution in [-0.2, 0) is 4.74 Å². The van der Waals surface area contributed by atoms with Gasteiger partial charge in [-0.3, -0.25) is 0 Å². The number of morpholine rings is 1. The Balaban J connectivity index is 2.03. The molecule has 18 heavy (non-hydrogen) atoms. The molecule has 1 aliphatic heterocycles. The summed E-state index contributed by atoms with van der Waals surface area (Å²) in [6.45, 7) is 10.1. The van der Waals surface area contributed by atoms with Gasteiger partial charge in [0.05, 0.1) is 12.2 Å². The fraction of sp³-hybridized carbons (Fsp3) is 0.600. The van der Waals surface area contributed by atoms with Crippen molar-refractivity contribution in [1.29, 1.82) is 0 Å². The summed E-state index contributed by atoms with van der Waals surface area (Å²) in [5.74, 6) is 0.906. The Morgan fingerprint density at radius 1 is 1.17 bits per heavy atom. The van der Waals surface area contributed by atoms with E-state index in [1.807, 2.05) is 12.1 Å². The second-order valence-corrected chi connectivity index (χ2v) is 5.88. The molecule has 1 aliphatic rings. The van der Waals surface area contributed by atoms with Crippen LogP contribution in [0, 0.1) is 0 Å². The highest BCUT2D eigenvalue weighted by Gasteiger charge is 2.20. The maximum atomic E-state index is 5.91. The second-order valence-electron chi connectivity index (χ2n) is 5.88. The predicted molar refractivity (Wildman–Crippen MR) is 73.0 cm³/mol. The standard InChI is InChI=1S/C15H23NO2/c1-11-9-16-10-14(17-11)12-5-7-13(8-6-12)18-15(2,3)4/h5-8,11,14,16H,9-10H2,1-4H3. The first-order chi connectivity index (χ1) is 8.44. The van der Waals surface area contributed by atoms with Gasteiger partial charge >= 0.3 is 0 Å². The highest BCUT2D eigenvalue weighted by atomic mass is 16.5. The Kier molecular flexibility index (Phi) is 3.93. The van der Waals surface area contributed by atoms with Crippen LogP contribution in [0.3, 0.4) is 0 Å². The SMILES string of the molecule is CC1CNCC(c2ccc(OC(C)(C)C)cc2)O1. The van der Waals surface area contributed by atoms with Gasteiger partial charge < -0.3 is 14.8 Å². The lowest BCUT2D eigenvalue weighted by Crippen LogP contribution is -2.38. The number of hydrogen-bond donors (Lipinski definition) is 1. The van der Waals surface area contributed by atoms with Crippen LogP contribution in [0.2, 0.25) is 0 Å². The largest absolute Gasteiger partial charge is 0.488 e. The minimum atomic E-state index is -0.154. The molecule has 2 atom stereocenters. The molecule has 0 aliphatic carbocycles. The van der Waals surface area contributed by atoms with Crippen molar-refractivity contribution < 1.29 is 9.47 Å². The van der Waals surface area contributed by atoms with Crippen LogP contribution in [-0.4, -0.2) is 24.8 Å². The summed E-state index contributed by atoms with van der Waals surface area (Å²) in [6.07, 6.45) is 0.423. The molecule has 3 heteroatoms. The first-order valence-corrected chi connectivity index (χ1v) is 6.59. The van der Waals surface area contributed by atoms with Gasteiger partial charge in [-0.15, -0.1) is 0 Å². The fourth-order valence-electron chi connectivity index (χ4n) is 2.09. The van der Waals surface area contributed by atoms with E-state index in [0.717, 1.165) is 18.8 Å². The molecule has 0 radical (unpaired) electrons. The predicted octanol–water partition coefficient (Wildman–Crippen LogP) is 2.91. The number of hydrogen-bond acceptors (Lipinski definition) is 3. The van der Waals surface area contributed by atoms with E-state index < -0.39 is 0 Å². The lowest BCUT2D eigenvalue weighted by Gasteiger charge is -2.29. The first-order valence-electron chi connectivity index (χ1n) is 6.59. The molecule has 100 valence electrons. The van der Waals surface area contributed by atoms with E-state index in [1.165, 1.54) is 5.56 Å². The van der Waals surface area contributed by atoms with Crippen molar-refractivity contribution >= 4 is 0 Å². The molecule has 1 heterocycles. The van der Waals surface area contributed by atoms with Crippen molar-refractivity contribution in [2.24, 2.45) is 0 Å². The Morgan fingerprint density at radius 2 is 1.83 bits per heavy atom. The van der Waals surface area contributed by atoms with Crippen LogP contribution in [0.1, 0.15) is 39.4 Å². The molecule has 0 aromatic heterocycles. The van der Waals surface area contributed by atoms with Crippen LogP contribution in [0.5, 0.6) is 5.75 Å². The molecule has 1 aromatic rings. The zero-order valence-electron chi connectivity index (χ0n) is 11.7. The lowest BCUT2D eigenvalue weighted by atomic mass is 10.1. The van der Waals surface area contributed by atoms with Crippen molar-refractivity contribution in [3.63, 3.8) is 0 Å². The summed E-state index contributed by atoms with van der Waals surface area (Å²) >= 11 is 0. The molecule has 0 bridgehead atoms. The van der Waals surface area contributed by atoms with Gasteiger partial charge in [-0.1, -0.05) is 12.1 Å². The Morgan fingerprint density at radius 3 is 2.39 bits per heavy atom. The van der Waals surface area contributed by atoms with Crippen LogP contribution in [0.15, 0.2) is 24.3 Å². The summed E-state index contributed by atoms with van der Waals surface area (Å²) in [5.41, 5.74) is 1.05. The molecular formula is C15H23NO2. The van der Waals surface area contributed by atoms with E-state index in [-0.39, 0.29) is 17.8 Å². The van der Waals surface area contributed by atoms with E-state index in [9.17, 15) is 0 Å². The molecule has 2 unspecified atom stereocenters. The second kappa shape index (κ2) is 5.29. The Labute approximate surface area is 109 Å². The number of rotatable bonds is 2. The van der Waals surface area contributed by atoms with Crippen molar-refractivity contribution in [2.75, 3.05) is 13.1 Å². The average molecular weight is 249 g/mol. The van der Waals surface area contributed by atoms with Crippen LogP contribution in [0.25, 0.3) is 0 Å². The van der Waals surface area contributed by atoms with Gasteiger partial charge in [0.25, 0.3) is 0 Å². The zero-order chi connectivity index (χ0) is 13.2. The smallest absolute Gasteiger partial charge is 0.120 e. The van der Waals surface area contributed by atoms with Crippen molar-refractivity contribution in [3.8, 4) is 5.75 Å². The normalized spacial score (nSPS) is 24.9. The third kappa shape index (κ3) is 3.72. The summed E-state index contributed by atoms with van der Waals surface area (Å²) in [4.78, 5) is 0. The number of benzene rings is 1. The minimum absolute atomic E-state index is 0.150. The van der Waals surface area contributed by atoms with Crippen LogP contribution < -0.4 is 10.1 Å². The van der Waals surface area contributed by atoms with Gasteiger partial charge in [0.1, 0.15) is 11.4 Å². The van der Waals surface area contributed by atoms with Gasteiger partial charge in [0, 0.05) is 13.1 Å². The highest BCUT2D eigenvalue weighted by Crippen LogP contribution is 2.25. The fourth-order valence-corrected chi connectivity index (χ4v) is 2.09. The molecule has 2 rings (SSSR count). The Hall–Kier alpha value is -1.06. The molecule has 1 saturated heterocycles. The van der Waals surface area contributed by atoms with Crippen LogP contribution >= 0.6 is 0 Å². The Bertz CT molecular complexity index is 380.